The molecule has 0 atom stereocenters. The van der Waals surface area contributed by atoms with Gasteiger partial charge in [-0.05, 0) is 34.9 Å². The van der Waals surface area contributed by atoms with Crippen LogP contribution in [0.3, 0.4) is 0 Å². The minimum absolute atomic E-state index is 0.435. The van der Waals surface area contributed by atoms with Crippen molar-refractivity contribution in [2.45, 2.75) is 6.92 Å². The molecule has 0 saturated heterocycles. The zero-order valence-electron chi connectivity index (χ0n) is 8.07. The second-order valence-corrected chi connectivity index (χ2v) is 3.10. The molecule has 76 valence electrons. The summed E-state index contributed by atoms with van der Waals surface area (Å²) in [5.41, 5.74) is 1.21. The second-order valence-electron chi connectivity index (χ2n) is 3.10. The first-order valence-corrected chi connectivity index (χ1v) is 4.40. The van der Waals surface area contributed by atoms with Crippen LogP contribution in [0.1, 0.15) is 5.82 Å². The molecule has 2 aromatic rings. The minimum Gasteiger partial charge on any atom is -0.423 e. The highest BCUT2D eigenvalue weighted by Crippen LogP contribution is 2.04. The Morgan fingerprint density at radius 2 is 1.87 bits per heavy atom. The normalized spacial score (nSPS) is 10.3. The predicted octanol–water partition coefficient (Wildman–Crippen LogP) is -1.35. The third-order valence-electron chi connectivity index (χ3n) is 2.06. The van der Waals surface area contributed by atoms with Crippen LogP contribution in [0, 0.1) is 6.92 Å². The Labute approximate surface area is 86.3 Å². The Morgan fingerprint density at radius 3 is 2.33 bits per heavy atom. The molecule has 0 spiro atoms. The summed E-state index contributed by atoms with van der Waals surface area (Å²) in [4.78, 5) is 0. The van der Waals surface area contributed by atoms with Crippen molar-refractivity contribution in [3.05, 3.63) is 30.1 Å². The first-order chi connectivity index (χ1) is 7.18. The molecule has 0 aliphatic carbocycles. The molecule has 0 radical (unpaired) electrons. The monoisotopic (exact) mass is 204 g/mol. The average molecular weight is 204 g/mol. The van der Waals surface area contributed by atoms with Crippen LogP contribution in [-0.4, -0.2) is 37.4 Å². The SMILES string of the molecule is Cc1nnnn1-c1ccc(B(O)O)cc1. The maximum absolute atomic E-state index is 8.91. The third kappa shape index (κ3) is 1.88. The molecule has 0 fully saturated rings. The summed E-state index contributed by atoms with van der Waals surface area (Å²) in [5.74, 6) is 0.673. The summed E-state index contributed by atoms with van der Waals surface area (Å²) in [5, 5.41) is 28.9. The van der Waals surface area contributed by atoms with Crippen LogP contribution in [0.15, 0.2) is 24.3 Å². The van der Waals surface area contributed by atoms with Crippen LogP contribution in [0.25, 0.3) is 5.69 Å². The highest BCUT2D eigenvalue weighted by Gasteiger charge is 2.10. The maximum atomic E-state index is 8.91. The van der Waals surface area contributed by atoms with Gasteiger partial charge < -0.3 is 10.0 Å². The van der Waals surface area contributed by atoms with E-state index < -0.39 is 7.12 Å². The van der Waals surface area contributed by atoms with Crippen LogP contribution in [0.2, 0.25) is 0 Å². The molecule has 0 saturated carbocycles. The van der Waals surface area contributed by atoms with Crippen LogP contribution >= 0.6 is 0 Å². The largest absolute Gasteiger partial charge is 0.488 e. The molecular formula is C8H9BN4O2. The highest BCUT2D eigenvalue weighted by molar-refractivity contribution is 6.58. The molecule has 0 bridgehead atoms. The number of aryl methyl sites for hydroxylation is 1. The summed E-state index contributed by atoms with van der Waals surface area (Å²) in [6.07, 6.45) is 0. The van der Waals surface area contributed by atoms with Gasteiger partial charge in [0.15, 0.2) is 5.82 Å². The lowest BCUT2D eigenvalue weighted by molar-refractivity contribution is 0.426. The number of hydrogen-bond acceptors (Lipinski definition) is 5. The van der Waals surface area contributed by atoms with Gasteiger partial charge in [-0.25, -0.2) is 0 Å². The number of aromatic nitrogens is 4. The molecule has 15 heavy (non-hydrogen) atoms. The smallest absolute Gasteiger partial charge is 0.423 e. The van der Waals surface area contributed by atoms with E-state index in [0.29, 0.717) is 11.3 Å². The summed E-state index contributed by atoms with van der Waals surface area (Å²) in [6.45, 7) is 1.79. The Hall–Kier alpha value is -1.73. The van der Waals surface area contributed by atoms with E-state index in [-0.39, 0.29) is 0 Å². The molecular weight excluding hydrogens is 195 g/mol. The highest BCUT2D eigenvalue weighted by atomic mass is 16.4. The molecule has 1 aromatic heterocycles. The van der Waals surface area contributed by atoms with Gasteiger partial charge in [-0.15, -0.1) is 5.10 Å². The van der Waals surface area contributed by atoms with Gasteiger partial charge in [-0.1, -0.05) is 12.1 Å². The molecule has 7 heteroatoms. The van der Waals surface area contributed by atoms with E-state index in [4.69, 9.17) is 10.0 Å². The van der Waals surface area contributed by atoms with Crippen molar-refractivity contribution in [1.29, 1.82) is 0 Å². The molecule has 0 aliphatic heterocycles. The second kappa shape index (κ2) is 3.80. The molecule has 2 rings (SSSR count). The average Bonchev–Trinajstić information content (AvgIpc) is 2.65. The lowest BCUT2D eigenvalue weighted by Crippen LogP contribution is -2.29. The summed E-state index contributed by atoms with van der Waals surface area (Å²) in [7, 11) is -1.45. The van der Waals surface area contributed by atoms with Crippen molar-refractivity contribution in [2.24, 2.45) is 0 Å². The third-order valence-corrected chi connectivity index (χ3v) is 2.06. The number of hydrogen-bond donors (Lipinski definition) is 2. The van der Waals surface area contributed by atoms with Crippen molar-refractivity contribution in [2.75, 3.05) is 0 Å². The van der Waals surface area contributed by atoms with E-state index in [1.165, 1.54) is 0 Å². The summed E-state index contributed by atoms with van der Waals surface area (Å²) < 4.78 is 1.56. The van der Waals surface area contributed by atoms with E-state index in [1.807, 2.05) is 0 Å². The first-order valence-electron chi connectivity index (χ1n) is 4.40. The Balaban J connectivity index is 2.36. The van der Waals surface area contributed by atoms with E-state index >= 15 is 0 Å². The fourth-order valence-corrected chi connectivity index (χ4v) is 1.26. The predicted molar refractivity (Wildman–Crippen MR) is 53.7 cm³/mol. The minimum atomic E-state index is -1.45. The molecule has 1 aromatic carbocycles. The Kier molecular flexibility index (Phi) is 2.48. The van der Waals surface area contributed by atoms with Gasteiger partial charge in [0.2, 0.25) is 0 Å². The fraction of sp³-hybridized carbons (Fsp3) is 0.125. The van der Waals surface area contributed by atoms with Crippen molar-refractivity contribution in [3.8, 4) is 5.69 Å². The molecule has 6 nitrogen and oxygen atoms in total. The molecule has 0 amide bonds. The maximum Gasteiger partial charge on any atom is 0.488 e. The van der Waals surface area contributed by atoms with Crippen molar-refractivity contribution in [3.63, 3.8) is 0 Å². The van der Waals surface area contributed by atoms with Gasteiger partial charge in [0.25, 0.3) is 0 Å². The van der Waals surface area contributed by atoms with Gasteiger partial charge in [0.05, 0.1) is 5.69 Å². The van der Waals surface area contributed by atoms with Crippen molar-refractivity contribution in [1.82, 2.24) is 20.2 Å². The van der Waals surface area contributed by atoms with Crippen molar-refractivity contribution >= 4 is 12.6 Å². The van der Waals surface area contributed by atoms with Crippen LogP contribution in [-0.2, 0) is 0 Å². The van der Waals surface area contributed by atoms with Crippen LogP contribution < -0.4 is 5.46 Å². The van der Waals surface area contributed by atoms with Crippen molar-refractivity contribution < 1.29 is 10.0 Å². The number of nitrogens with zero attached hydrogens (tertiary/aromatic N) is 4. The summed E-state index contributed by atoms with van der Waals surface area (Å²) in [6, 6.07) is 6.67. The molecule has 0 unspecified atom stereocenters. The Bertz CT molecular complexity index is 454. The summed E-state index contributed by atoms with van der Waals surface area (Å²) >= 11 is 0. The quantitative estimate of drug-likeness (QED) is 0.591. The standard InChI is InChI=1S/C8H9BN4O2/c1-6-10-11-12-13(6)8-4-2-7(3-5-8)9(14)15/h2-5,14-15H,1H3. The van der Waals surface area contributed by atoms with Crippen LogP contribution in [0.5, 0.6) is 0 Å². The van der Waals surface area contributed by atoms with Gasteiger partial charge in [0, 0.05) is 0 Å². The van der Waals surface area contributed by atoms with Gasteiger partial charge in [-0.3, -0.25) is 0 Å². The zero-order chi connectivity index (χ0) is 10.8. The van der Waals surface area contributed by atoms with Gasteiger partial charge >= 0.3 is 7.12 Å². The van der Waals surface area contributed by atoms with E-state index in [9.17, 15) is 0 Å². The lowest BCUT2D eigenvalue weighted by Gasteiger charge is -2.03. The lowest BCUT2D eigenvalue weighted by atomic mass is 9.80. The molecule has 2 N–H and O–H groups in total. The zero-order valence-corrected chi connectivity index (χ0v) is 8.07. The van der Waals surface area contributed by atoms with Crippen LogP contribution in [0.4, 0.5) is 0 Å². The first kappa shape index (κ1) is 9.82. The topological polar surface area (TPSA) is 84.1 Å². The Morgan fingerprint density at radius 1 is 1.20 bits per heavy atom. The number of tetrazole rings is 1. The van der Waals surface area contributed by atoms with E-state index in [1.54, 1.807) is 35.9 Å². The molecule has 1 heterocycles. The number of benzene rings is 1. The van der Waals surface area contributed by atoms with Gasteiger partial charge in [-0.2, -0.15) is 4.68 Å². The van der Waals surface area contributed by atoms with Gasteiger partial charge in [0.1, 0.15) is 0 Å². The number of rotatable bonds is 2. The van der Waals surface area contributed by atoms with E-state index in [2.05, 4.69) is 15.5 Å². The fourth-order valence-electron chi connectivity index (χ4n) is 1.26. The van der Waals surface area contributed by atoms with E-state index in [0.717, 1.165) is 5.69 Å². The molecule has 0 aliphatic rings.